The normalized spacial score (nSPS) is 25.6. The predicted molar refractivity (Wildman–Crippen MR) is 80.1 cm³/mol. The number of likely N-dealkylation sites (tertiary alicyclic amines) is 1. The summed E-state index contributed by atoms with van der Waals surface area (Å²) in [5, 5.41) is 10.3. The maximum absolute atomic E-state index is 12.1. The smallest absolute Gasteiger partial charge is 0.317 e. The molecular weight excluding hydrogens is 266 g/mol. The van der Waals surface area contributed by atoms with E-state index in [1.54, 1.807) is 0 Å². The average Bonchev–Trinajstić information content (AvgIpc) is 3.02. The minimum Gasteiger partial charge on any atom is -0.338 e. The van der Waals surface area contributed by atoms with E-state index in [1.807, 2.05) is 11.8 Å². The van der Waals surface area contributed by atoms with Gasteiger partial charge in [-0.2, -0.15) is 5.10 Å². The maximum Gasteiger partial charge on any atom is 0.317 e. The Morgan fingerprint density at radius 1 is 1.43 bits per heavy atom. The third kappa shape index (κ3) is 2.89. The molecule has 1 aliphatic heterocycles. The Kier molecular flexibility index (Phi) is 3.87. The predicted octanol–water partition coefficient (Wildman–Crippen LogP) is 2.08. The second-order valence-electron chi connectivity index (χ2n) is 6.58. The maximum atomic E-state index is 12.1. The highest BCUT2D eigenvalue weighted by Crippen LogP contribution is 2.47. The molecule has 2 aliphatic rings. The lowest BCUT2D eigenvalue weighted by molar-refractivity contribution is 0.207. The van der Waals surface area contributed by atoms with Crippen LogP contribution in [0.2, 0.25) is 0 Å². The molecule has 6 heteroatoms. The van der Waals surface area contributed by atoms with Crippen LogP contribution in [0.25, 0.3) is 0 Å². The molecule has 6 nitrogen and oxygen atoms in total. The Bertz CT molecular complexity index is 508. The van der Waals surface area contributed by atoms with Gasteiger partial charge in [-0.05, 0) is 31.6 Å². The summed E-state index contributed by atoms with van der Waals surface area (Å²) in [5.41, 5.74) is 0. The van der Waals surface area contributed by atoms with Crippen molar-refractivity contribution in [2.45, 2.75) is 45.4 Å². The quantitative estimate of drug-likeness (QED) is 0.892. The van der Waals surface area contributed by atoms with Gasteiger partial charge in [0.25, 0.3) is 0 Å². The van der Waals surface area contributed by atoms with Crippen LogP contribution >= 0.6 is 0 Å². The van der Waals surface area contributed by atoms with E-state index in [-0.39, 0.29) is 6.03 Å². The lowest BCUT2D eigenvalue weighted by Gasteiger charge is -2.16. The number of urea groups is 1. The zero-order valence-electron chi connectivity index (χ0n) is 13.1. The lowest BCUT2D eigenvalue weighted by atomic mass is 9.91. The van der Waals surface area contributed by atoms with Crippen molar-refractivity contribution in [1.29, 1.82) is 0 Å². The molecule has 0 bridgehead atoms. The van der Waals surface area contributed by atoms with E-state index in [0.29, 0.717) is 24.3 Å². The zero-order chi connectivity index (χ0) is 15.0. The van der Waals surface area contributed by atoms with Crippen molar-refractivity contribution in [1.82, 2.24) is 25.4 Å². The Labute approximate surface area is 125 Å². The monoisotopic (exact) mass is 291 g/mol. The second kappa shape index (κ2) is 5.66. The van der Waals surface area contributed by atoms with Crippen LogP contribution in [0.3, 0.4) is 0 Å². The summed E-state index contributed by atoms with van der Waals surface area (Å²) in [5.74, 6) is 3.75. The fraction of sp³-hybridized carbons (Fsp3) is 0.800. The number of hydrogen-bond acceptors (Lipinski definition) is 3. The summed E-state index contributed by atoms with van der Waals surface area (Å²) in [7, 11) is 0. The number of aromatic nitrogens is 3. The van der Waals surface area contributed by atoms with Crippen molar-refractivity contribution in [3.8, 4) is 0 Å². The standard InChI is InChI=1S/C15H25N5O/c1-4-16-15(21)20-7-11(10-5-6-10)12(8-20)14-17-13(9(2)3)18-19-14/h9-12H,4-8H2,1-3H3,(H,16,21)(H,17,18,19)/t11-,12+/m1/s1. The van der Waals surface area contributed by atoms with Gasteiger partial charge in [-0.1, -0.05) is 13.8 Å². The van der Waals surface area contributed by atoms with Gasteiger partial charge in [-0.25, -0.2) is 9.78 Å². The van der Waals surface area contributed by atoms with Crippen molar-refractivity contribution >= 4 is 6.03 Å². The van der Waals surface area contributed by atoms with Gasteiger partial charge in [0.15, 0.2) is 5.82 Å². The van der Waals surface area contributed by atoms with Crippen LogP contribution in [0, 0.1) is 11.8 Å². The molecule has 2 atom stereocenters. The third-order valence-electron chi connectivity index (χ3n) is 4.60. The highest BCUT2D eigenvalue weighted by Gasteiger charge is 2.45. The van der Waals surface area contributed by atoms with Crippen LogP contribution in [0.5, 0.6) is 0 Å². The van der Waals surface area contributed by atoms with Crippen LogP contribution in [0.15, 0.2) is 0 Å². The Morgan fingerprint density at radius 2 is 2.19 bits per heavy atom. The van der Waals surface area contributed by atoms with Gasteiger partial charge in [0.05, 0.1) is 0 Å². The average molecular weight is 291 g/mol. The van der Waals surface area contributed by atoms with Gasteiger partial charge in [-0.15, -0.1) is 0 Å². The molecule has 2 N–H and O–H groups in total. The van der Waals surface area contributed by atoms with Crippen molar-refractivity contribution in [2.24, 2.45) is 11.8 Å². The van der Waals surface area contributed by atoms with Crippen molar-refractivity contribution in [2.75, 3.05) is 19.6 Å². The minimum absolute atomic E-state index is 0.0502. The van der Waals surface area contributed by atoms with Crippen molar-refractivity contribution < 1.29 is 4.79 Å². The number of carbonyl (C=O) groups is 1. The van der Waals surface area contributed by atoms with Crippen LogP contribution < -0.4 is 5.32 Å². The first-order valence-electron chi connectivity index (χ1n) is 8.05. The first-order valence-corrected chi connectivity index (χ1v) is 8.05. The molecule has 0 aromatic carbocycles. The summed E-state index contributed by atoms with van der Waals surface area (Å²) < 4.78 is 0. The number of carbonyl (C=O) groups excluding carboxylic acids is 1. The fourth-order valence-electron chi connectivity index (χ4n) is 3.26. The van der Waals surface area contributed by atoms with E-state index in [9.17, 15) is 4.79 Å². The van der Waals surface area contributed by atoms with Crippen molar-refractivity contribution in [3.05, 3.63) is 11.6 Å². The minimum atomic E-state index is 0.0502. The number of H-pyrrole nitrogens is 1. The van der Waals surface area contributed by atoms with Crippen molar-refractivity contribution in [3.63, 3.8) is 0 Å². The highest BCUT2D eigenvalue weighted by atomic mass is 16.2. The molecule has 2 fully saturated rings. The molecule has 0 radical (unpaired) electrons. The van der Waals surface area contributed by atoms with Crippen LogP contribution in [-0.2, 0) is 0 Å². The molecule has 1 aliphatic carbocycles. The molecule has 2 amide bonds. The summed E-state index contributed by atoms with van der Waals surface area (Å²) in [4.78, 5) is 18.7. The Balaban J connectivity index is 1.76. The highest BCUT2D eigenvalue weighted by molar-refractivity contribution is 5.74. The topological polar surface area (TPSA) is 73.9 Å². The third-order valence-corrected chi connectivity index (χ3v) is 4.60. The molecule has 3 rings (SSSR count). The number of aromatic amines is 1. The second-order valence-corrected chi connectivity index (χ2v) is 6.58. The van der Waals surface area contributed by atoms with E-state index >= 15 is 0 Å². The Morgan fingerprint density at radius 3 is 2.76 bits per heavy atom. The van der Waals surface area contributed by atoms with Crippen LogP contribution in [0.4, 0.5) is 4.79 Å². The summed E-state index contributed by atoms with van der Waals surface area (Å²) >= 11 is 0. The van der Waals surface area contributed by atoms with Gasteiger partial charge in [0.1, 0.15) is 5.82 Å². The van der Waals surface area contributed by atoms with Gasteiger partial charge in [0, 0.05) is 31.5 Å². The molecule has 116 valence electrons. The summed E-state index contributed by atoms with van der Waals surface area (Å²) in [6.45, 7) is 8.42. The molecule has 1 aromatic rings. The molecular formula is C15H25N5O. The van der Waals surface area contributed by atoms with Gasteiger partial charge < -0.3 is 10.2 Å². The first-order chi connectivity index (χ1) is 10.1. The molecule has 1 aromatic heterocycles. The van der Waals surface area contributed by atoms with E-state index in [0.717, 1.165) is 30.7 Å². The van der Waals surface area contributed by atoms with Gasteiger partial charge in [-0.3, -0.25) is 5.10 Å². The first kappa shape index (κ1) is 14.4. The SMILES string of the molecule is CCNC(=O)N1C[C@H](c2nc(C(C)C)n[nH]2)[C@@H](C2CC2)C1. The van der Waals surface area contributed by atoms with Crippen LogP contribution in [0.1, 0.15) is 57.1 Å². The largest absolute Gasteiger partial charge is 0.338 e. The summed E-state index contributed by atoms with van der Waals surface area (Å²) in [6.07, 6.45) is 2.57. The van der Waals surface area contributed by atoms with E-state index < -0.39 is 0 Å². The fourth-order valence-corrected chi connectivity index (χ4v) is 3.26. The van der Waals surface area contributed by atoms with E-state index in [1.165, 1.54) is 12.8 Å². The molecule has 1 saturated heterocycles. The molecule has 0 unspecified atom stereocenters. The molecule has 2 heterocycles. The number of rotatable bonds is 4. The molecule has 1 saturated carbocycles. The van der Waals surface area contributed by atoms with Gasteiger partial charge in [0.2, 0.25) is 0 Å². The molecule has 21 heavy (non-hydrogen) atoms. The van der Waals surface area contributed by atoms with Gasteiger partial charge >= 0.3 is 6.03 Å². The number of amides is 2. The number of nitrogens with zero attached hydrogens (tertiary/aromatic N) is 3. The van der Waals surface area contributed by atoms with Crippen LogP contribution in [-0.4, -0.2) is 45.7 Å². The van der Waals surface area contributed by atoms with E-state index in [2.05, 4.69) is 34.3 Å². The number of hydrogen-bond donors (Lipinski definition) is 2. The lowest BCUT2D eigenvalue weighted by Crippen LogP contribution is -2.38. The summed E-state index contributed by atoms with van der Waals surface area (Å²) in [6, 6.07) is 0.0502. The Hall–Kier alpha value is -1.59. The number of nitrogens with one attached hydrogen (secondary N) is 2. The molecule has 0 spiro atoms. The van der Waals surface area contributed by atoms with E-state index in [4.69, 9.17) is 0 Å². The zero-order valence-corrected chi connectivity index (χ0v) is 13.1.